The SMILES string of the molecule is CC/C=C\C/C=C\C/C=C\CCCCCCCC(=O)OC(CO)COP(=O)(O)OCC(COC(=O)CCCCCCCCCCCCC)OC(=O)CCCCCCCC/C=C\C/C=C\C/C=C\CCCCC. The van der Waals surface area contributed by atoms with Crippen molar-refractivity contribution >= 4 is 25.7 Å². The van der Waals surface area contributed by atoms with E-state index < -0.39 is 57.8 Å². The van der Waals surface area contributed by atoms with Crippen molar-refractivity contribution in [1.82, 2.24) is 0 Å². The van der Waals surface area contributed by atoms with Gasteiger partial charge in [0, 0.05) is 19.3 Å². The number of esters is 3. The zero-order valence-corrected chi connectivity index (χ0v) is 46.8. The average Bonchev–Trinajstić information content (AvgIpc) is 3.37. The maximum atomic E-state index is 12.9. The number of allylic oxidation sites excluding steroid dienone is 12. The monoisotopic (exact) mass is 1030 g/mol. The van der Waals surface area contributed by atoms with Crippen LogP contribution in [0.3, 0.4) is 0 Å². The second kappa shape index (κ2) is 54.2. The molecular weight excluding hydrogens is 928 g/mol. The van der Waals surface area contributed by atoms with E-state index in [0.717, 1.165) is 122 Å². The first kappa shape index (κ1) is 68.9. The van der Waals surface area contributed by atoms with Crippen molar-refractivity contribution in [3.05, 3.63) is 72.9 Å². The normalized spacial score (nSPS) is 13.9. The van der Waals surface area contributed by atoms with E-state index in [1.165, 1.54) is 70.6 Å². The minimum absolute atomic E-state index is 0.151. The van der Waals surface area contributed by atoms with Crippen LogP contribution in [0.15, 0.2) is 72.9 Å². The summed E-state index contributed by atoms with van der Waals surface area (Å²) >= 11 is 0. The van der Waals surface area contributed by atoms with Crippen LogP contribution in [0.5, 0.6) is 0 Å². The van der Waals surface area contributed by atoms with E-state index in [0.29, 0.717) is 19.3 Å². The summed E-state index contributed by atoms with van der Waals surface area (Å²) in [5.74, 6) is -1.49. The fourth-order valence-electron chi connectivity index (χ4n) is 7.73. The number of ether oxygens (including phenoxy) is 3. The number of phosphoric acid groups is 1. The number of unbranched alkanes of at least 4 members (excludes halogenated alkanes) is 24. The summed E-state index contributed by atoms with van der Waals surface area (Å²) < 4.78 is 39.5. The van der Waals surface area contributed by atoms with Crippen LogP contribution in [0, 0.1) is 0 Å². The molecule has 0 bridgehead atoms. The van der Waals surface area contributed by atoms with Gasteiger partial charge in [-0.15, -0.1) is 0 Å². The van der Waals surface area contributed by atoms with E-state index in [2.05, 4.69) is 93.7 Å². The second-order valence-electron chi connectivity index (χ2n) is 19.1. The van der Waals surface area contributed by atoms with E-state index in [4.69, 9.17) is 23.3 Å². The van der Waals surface area contributed by atoms with Gasteiger partial charge in [-0.25, -0.2) is 4.57 Å². The number of phosphoric ester groups is 1. The summed E-state index contributed by atoms with van der Waals surface area (Å²) in [5, 5.41) is 9.81. The first-order valence-electron chi connectivity index (χ1n) is 28.8. The molecule has 12 heteroatoms. The van der Waals surface area contributed by atoms with Crippen LogP contribution in [-0.2, 0) is 42.2 Å². The lowest BCUT2D eigenvalue weighted by Gasteiger charge is -2.21. The van der Waals surface area contributed by atoms with Crippen LogP contribution in [0.2, 0.25) is 0 Å². The highest BCUT2D eigenvalue weighted by atomic mass is 31.2. The number of hydrogen-bond acceptors (Lipinski definition) is 10. The molecule has 0 rings (SSSR count). The highest BCUT2D eigenvalue weighted by Gasteiger charge is 2.28. The van der Waals surface area contributed by atoms with Gasteiger partial charge in [-0.2, -0.15) is 0 Å². The quantitative estimate of drug-likeness (QED) is 0.0197. The van der Waals surface area contributed by atoms with Gasteiger partial charge in [0.2, 0.25) is 0 Å². The number of carbonyl (C=O) groups is 3. The smallest absolute Gasteiger partial charge is 0.462 e. The van der Waals surface area contributed by atoms with Gasteiger partial charge in [-0.1, -0.05) is 216 Å². The standard InChI is InChI=1S/C60H105O11P/c1-4-7-10-13-16-19-22-24-26-27-28-29-31-33-36-39-42-45-48-51-60(64)71-57(53-67-58(62)49-46-43-40-37-34-21-18-15-12-9-6-3)55-69-72(65,66)68-54-56(52-61)70-59(63)50-47-44-41-38-35-32-30-25-23-20-17-14-11-8-5-2/h8,11,16-17,19-20,24-26,28-30,56-57,61H,4-7,9-10,12-15,18,21-23,27,31-55H2,1-3H3,(H,65,66)/b11-8-,19-16-,20-17-,26-24-,29-28-,30-25-. The fourth-order valence-corrected chi connectivity index (χ4v) is 8.51. The van der Waals surface area contributed by atoms with Gasteiger partial charge in [0.15, 0.2) is 6.10 Å². The Morgan fingerprint density at radius 1 is 0.403 bits per heavy atom. The maximum Gasteiger partial charge on any atom is 0.472 e. The van der Waals surface area contributed by atoms with Crippen molar-refractivity contribution < 1.29 is 52.2 Å². The minimum Gasteiger partial charge on any atom is -0.462 e. The molecule has 0 saturated heterocycles. The first-order chi connectivity index (χ1) is 35.2. The van der Waals surface area contributed by atoms with Gasteiger partial charge >= 0.3 is 25.7 Å². The predicted molar refractivity (Wildman–Crippen MR) is 298 cm³/mol. The van der Waals surface area contributed by atoms with Crippen molar-refractivity contribution in [2.45, 2.75) is 264 Å². The lowest BCUT2D eigenvalue weighted by molar-refractivity contribution is -0.161. The molecule has 0 aliphatic carbocycles. The highest BCUT2D eigenvalue weighted by molar-refractivity contribution is 7.47. The van der Waals surface area contributed by atoms with Crippen LogP contribution < -0.4 is 0 Å². The third-order valence-electron chi connectivity index (χ3n) is 12.1. The van der Waals surface area contributed by atoms with E-state index in [9.17, 15) is 28.9 Å². The molecule has 416 valence electrons. The molecule has 0 saturated carbocycles. The number of hydrogen-bond donors (Lipinski definition) is 2. The molecule has 0 heterocycles. The Labute approximate surface area is 439 Å². The predicted octanol–water partition coefficient (Wildman–Crippen LogP) is 16.9. The average molecular weight is 1030 g/mol. The number of rotatable bonds is 53. The molecular formula is C60H105O11P. The molecule has 0 aliphatic heterocycles. The summed E-state index contributed by atoms with van der Waals surface area (Å²) in [5.41, 5.74) is 0. The molecule has 3 atom stereocenters. The first-order valence-corrected chi connectivity index (χ1v) is 30.3. The third kappa shape index (κ3) is 51.8. The summed E-state index contributed by atoms with van der Waals surface area (Å²) in [6.07, 6.45) is 60.0. The Bertz CT molecular complexity index is 1490. The van der Waals surface area contributed by atoms with E-state index in [1.54, 1.807) is 0 Å². The molecule has 0 aliphatic rings. The van der Waals surface area contributed by atoms with Crippen molar-refractivity contribution in [3.63, 3.8) is 0 Å². The summed E-state index contributed by atoms with van der Waals surface area (Å²) in [6, 6.07) is 0. The highest BCUT2D eigenvalue weighted by Crippen LogP contribution is 2.43. The van der Waals surface area contributed by atoms with Crippen molar-refractivity contribution in [3.8, 4) is 0 Å². The van der Waals surface area contributed by atoms with Gasteiger partial charge in [0.1, 0.15) is 12.7 Å². The second-order valence-corrected chi connectivity index (χ2v) is 20.5. The Morgan fingerprint density at radius 2 is 0.722 bits per heavy atom. The van der Waals surface area contributed by atoms with Crippen LogP contribution >= 0.6 is 7.82 Å². The summed E-state index contributed by atoms with van der Waals surface area (Å²) in [7, 11) is -4.75. The summed E-state index contributed by atoms with van der Waals surface area (Å²) in [4.78, 5) is 48.5. The Kier molecular flexibility index (Phi) is 51.9. The Morgan fingerprint density at radius 3 is 1.14 bits per heavy atom. The van der Waals surface area contributed by atoms with E-state index >= 15 is 0 Å². The Hall–Kier alpha value is -3.08. The van der Waals surface area contributed by atoms with Crippen LogP contribution in [-0.4, -0.2) is 66.5 Å². The van der Waals surface area contributed by atoms with E-state index in [1.807, 2.05) is 0 Å². The molecule has 11 nitrogen and oxygen atoms in total. The van der Waals surface area contributed by atoms with Crippen LogP contribution in [0.25, 0.3) is 0 Å². The number of aliphatic hydroxyl groups excluding tert-OH is 1. The van der Waals surface area contributed by atoms with Gasteiger partial charge in [-0.05, 0) is 89.9 Å². The van der Waals surface area contributed by atoms with Crippen molar-refractivity contribution in [1.29, 1.82) is 0 Å². The lowest BCUT2D eigenvalue weighted by Crippen LogP contribution is -2.30. The summed E-state index contributed by atoms with van der Waals surface area (Å²) in [6.45, 7) is 4.47. The van der Waals surface area contributed by atoms with Gasteiger partial charge in [0.25, 0.3) is 0 Å². The molecule has 0 radical (unpaired) electrons. The molecule has 0 fully saturated rings. The fraction of sp³-hybridized carbons (Fsp3) is 0.750. The van der Waals surface area contributed by atoms with Gasteiger partial charge in [0.05, 0.1) is 19.8 Å². The van der Waals surface area contributed by atoms with E-state index in [-0.39, 0.29) is 25.9 Å². The van der Waals surface area contributed by atoms with Crippen molar-refractivity contribution in [2.24, 2.45) is 0 Å². The molecule has 0 spiro atoms. The molecule has 0 aromatic carbocycles. The zero-order valence-electron chi connectivity index (χ0n) is 45.9. The molecule has 2 N–H and O–H groups in total. The van der Waals surface area contributed by atoms with Crippen molar-refractivity contribution in [2.75, 3.05) is 26.4 Å². The van der Waals surface area contributed by atoms with Gasteiger partial charge < -0.3 is 24.2 Å². The third-order valence-corrected chi connectivity index (χ3v) is 13.1. The van der Waals surface area contributed by atoms with Gasteiger partial charge in [-0.3, -0.25) is 23.4 Å². The molecule has 0 aromatic rings. The molecule has 3 unspecified atom stereocenters. The lowest BCUT2D eigenvalue weighted by atomic mass is 10.1. The molecule has 72 heavy (non-hydrogen) atoms. The number of carbonyl (C=O) groups excluding carboxylic acids is 3. The van der Waals surface area contributed by atoms with Crippen LogP contribution in [0.4, 0.5) is 0 Å². The number of aliphatic hydroxyl groups is 1. The topological polar surface area (TPSA) is 155 Å². The maximum absolute atomic E-state index is 12.9. The largest absolute Gasteiger partial charge is 0.472 e. The van der Waals surface area contributed by atoms with Crippen LogP contribution in [0.1, 0.15) is 252 Å². The minimum atomic E-state index is -4.75. The zero-order chi connectivity index (χ0) is 52.7. The Balaban J connectivity index is 4.72. The molecule has 0 aromatic heterocycles. The molecule has 0 amide bonds.